The molecule has 0 spiro atoms. The van der Waals surface area contributed by atoms with E-state index in [0.717, 1.165) is 25.0 Å². The first-order valence-electron chi connectivity index (χ1n) is 6.07. The Labute approximate surface area is 101 Å². The molecule has 1 aromatic rings. The van der Waals surface area contributed by atoms with Gasteiger partial charge in [-0.1, -0.05) is 30.7 Å². The molecule has 0 fully saturated rings. The molecule has 0 amide bonds. The van der Waals surface area contributed by atoms with E-state index in [1.165, 1.54) is 12.8 Å². The Morgan fingerprint density at radius 1 is 1.12 bits per heavy atom. The fourth-order valence-electron chi connectivity index (χ4n) is 1.85. The second kappa shape index (κ2) is 6.09. The van der Waals surface area contributed by atoms with Crippen molar-refractivity contribution in [3.05, 3.63) is 47.7 Å². The number of nitrogens with one attached hydrogen (secondary N) is 1. The molecule has 0 saturated heterocycles. The highest BCUT2D eigenvalue weighted by Crippen LogP contribution is 2.15. The molecule has 3 heteroatoms. The number of hydrogen-bond acceptors (Lipinski definition) is 3. The molecule has 1 aliphatic carbocycles. The maximum Gasteiger partial charge on any atom is 0.362 e. The second-order valence-electron chi connectivity index (χ2n) is 4.19. The summed E-state index contributed by atoms with van der Waals surface area (Å²) in [5, 5.41) is 0. The predicted molar refractivity (Wildman–Crippen MR) is 66.2 cm³/mol. The summed E-state index contributed by atoms with van der Waals surface area (Å²) >= 11 is 0. The summed E-state index contributed by atoms with van der Waals surface area (Å²) in [7, 11) is 0. The smallest absolute Gasteiger partial charge is 0.338 e. The Morgan fingerprint density at radius 2 is 1.94 bits per heavy atom. The van der Waals surface area contributed by atoms with E-state index in [1.54, 1.807) is 12.1 Å². The number of carbonyl (C=O) groups excluding carboxylic acids is 1. The standard InChI is InChI=1S/C14H17NO2/c16-14(12-8-4-3-5-9-12)17-15-13-10-6-1-2-7-11-13/h3-5,8-10,15H,1-2,6-7,11H2. The molecule has 1 aromatic carbocycles. The van der Waals surface area contributed by atoms with Gasteiger partial charge in [0.05, 0.1) is 5.56 Å². The largest absolute Gasteiger partial charge is 0.362 e. The molecule has 1 aliphatic rings. The van der Waals surface area contributed by atoms with Crippen LogP contribution in [0.3, 0.4) is 0 Å². The van der Waals surface area contributed by atoms with E-state index in [9.17, 15) is 4.79 Å². The number of allylic oxidation sites excluding steroid dienone is 2. The van der Waals surface area contributed by atoms with Crippen LogP contribution in [0.1, 0.15) is 42.5 Å². The Balaban J connectivity index is 1.85. The van der Waals surface area contributed by atoms with Gasteiger partial charge in [-0.15, -0.1) is 0 Å². The Hall–Kier alpha value is -1.77. The molecule has 2 rings (SSSR count). The van der Waals surface area contributed by atoms with Crippen LogP contribution in [0.5, 0.6) is 0 Å². The zero-order valence-corrected chi connectivity index (χ0v) is 9.82. The minimum atomic E-state index is -0.337. The maximum absolute atomic E-state index is 11.7. The highest BCUT2D eigenvalue weighted by Gasteiger charge is 2.08. The highest BCUT2D eigenvalue weighted by atomic mass is 16.7. The van der Waals surface area contributed by atoms with Crippen molar-refractivity contribution in [2.75, 3.05) is 0 Å². The van der Waals surface area contributed by atoms with Gasteiger partial charge in [-0.25, -0.2) is 10.3 Å². The van der Waals surface area contributed by atoms with E-state index in [2.05, 4.69) is 11.6 Å². The molecule has 17 heavy (non-hydrogen) atoms. The Kier molecular flexibility index (Phi) is 4.19. The molecule has 0 unspecified atom stereocenters. The third-order valence-corrected chi connectivity index (χ3v) is 2.83. The van der Waals surface area contributed by atoms with Gasteiger partial charge in [-0.2, -0.15) is 0 Å². The highest BCUT2D eigenvalue weighted by molar-refractivity contribution is 5.89. The normalized spacial score (nSPS) is 15.6. The van der Waals surface area contributed by atoms with Crippen LogP contribution in [0.25, 0.3) is 0 Å². The van der Waals surface area contributed by atoms with Gasteiger partial charge < -0.3 is 4.84 Å². The lowest BCUT2D eigenvalue weighted by molar-refractivity contribution is 0.0317. The van der Waals surface area contributed by atoms with Crippen molar-refractivity contribution >= 4 is 5.97 Å². The van der Waals surface area contributed by atoms with Crippen LogP contribution in [-0.4, -0.2) is 5.97 Å². The van der Waals surface area contributed by atoms with Gasteiger partial charge in [0.2, 0.25) is 0 Å². The zero-order valence-electron chi connectivity index (χ0n) is 9.82. The fourth-order valence-corrected chi connectivity index (χ4v) is 1.85. The van der Waals surface area contributed by atoms with Crippen LogP contribution >= 0.6 is 0 Å². The molecule has 1 N–H and O–H groups in total. The molecule has 0 bridgehead atoms. The monoisotopic (exact) mass is 231 g/mol. The number of hydroxylamine groups is 1. The van der Waals surface area contributed by atoms with Crippen LogP contribution in [0.15, 0.2) is 42.1 Å². The van der Waals surface area contributed by atoms with Crippen molar-refractivity contribution < 1.29 is 9.63 Å². The lowest BCUT2D eigenvalue weighted by atomic mass is 10.2. The third kappa shape index (κ3) is 3.63. The van der Waals surface area contributed by atoms with E-state index in [1.807, 2.05) is 18.2 Å². The summed E-state index contributed by atoms with van der Waals surface area (Å²) < 4.78 is 0. The van der Waals surface area contributed by atoms with E-state index in [-0.39, 0.29) is 5.97 Å². The van der Waals surface area contributed by atoms with Crippen molar-refractivity contribution in [3.8, 4) is 0 Å². The predicted octanol–water partition coefficient (Wildman–Crippen LogP) is 3.20. The number of rotatable bonds is 3. The Bertz CT molecular complexity index is 398. The van der Waals surface area contributed by atoms with Crippen molar-refractivity contribution in [2.24, 2.45) is 0 Å². The van der Waals surface area contributed by atoms with Crippen LogP contribution < -0.4 is 5.48 Å². The van der Waals surface area contributed by atoms with Crippen molar-refractivity contribution in [2.45, 2.75) is 32.1 Å². The minimum absolute atomic E-state index is 0.337. The molecule has 0 radical (unpaired) electrons. The molecule has 0 aromatic heterocycles. The molecular weight excluding hydrogens is 214 g/mol. The molecule has 0 saturated carbocycles. The summed E-state index contributed by atoms with van der Waals surface area (Å²) in [6.07, 6.45) is 7.76. The first kappa shape index (κ1) is 11.7. The quantitative estimate of drug-likeness (QED) is 0.812. The molecule has 90 valence electrons. The van der Waals surface area contributed by atoms with Crippen molar-refractivity contribution in [1.82, 2.24) is 5.48 Å². The molecule has 0 aliphatic heterocycles. The zero-order chi connectivity index (χ0) is 11.9. The van der Waals surface area contributed by atoms with E-state index in [4.69, 9.17) is 4.84 Å². The van der Waals surface area contributed by atoms with Crippen LogP contribution in [0, 0.1) is 0 Å². The number of benzene rings is 1. The topological polar surface area (TPSA) is 38.3 Å². The lowest BCUT2D eigenvalue weighted by Crippen LogP contribution is -2.19. The maximum atomic E-state index is 11.7. The lowest BCUT2D eigenvalue weighted by Gasteiger charge is -2.09. The van der Waals surface area contributed by atoms with E-state index < -0.39 is 0 Å². The van der Waals surface area contributed by atoms with Crippen LogP contribution in [-0.2, 0) is 4.84 Å². The summed E-state index contributed by atoms with van der Waals surface area (Å²) in [5.41, 5.74) is 4.36. The van der Waals surface area contributed by atoms with Crippen LogP contribution in [0.4, 0.5) is 0 Å². The Morgan fingerprint density at radius 3 is 2.76 bits per heavy atom. The second-order valence-corrected chi connectivity index (χ2v) is 4.19. The number of hydrogen-bond donors (Lipinski definition) is 1. The summed E-state index contributed by atoms with van der Waals surface area (Å²) in [5.74, 6) is -0.337. The summed E-state index contributed by atoms with van der Waals surface area (Å²) in [4.78, 5) is 16.7. The SMILES string of the molecule is O=C(ONC1=CCCCCC1)c1ccccc1. The van der Waals surface area contributed by atoms with Gasteiger partial charge in [0.25, 0.3) is 0 Å². The van der Waals surface area contributed by atoms with Gasteiger partial charge in [0.1, 0.15) is 0 Å². The number of carbonyl (C=O) groups is 1. The van der Waals surface area contributed by atoms with Gasteiger partial charge in [0, 0.05) is 5.70 Å². The third-order valence-electron chi connectivity index (χ3n) is 2.83. The molecule has 3 nitrogen and oxygen atoms in total. The van der Waals surface area contributed by atoms with Crippen LogP contribution in [0.2, 0.25) is 0 Å². The van der Waals surface area contributed by atoms with Crippen molar-refractivity contribution in [3.63, 3.8) is 0 Å². The van der Waals surface area contributed by atoms with Crippen molar-refractivity contribution in [1.29, 1.82) is 0 Å². The minimum Gasteiger partial charge on any atom is -0.338 e. The van der Waals surface area contributed by atoms with E-state index in [0.29, 0.717) is 5.56 Å². The first-order valence-corrected chi connectivity index (χ1v) is 6.07. The average Bonchev–Trinajstić information content (AvgIpc) is 2.65. The first-order chi connectivity index (χ1) is 8.36. The summed E-state index contributed by atoms with van der Waals surface area (Å²) in [6.45, 7) is 0. The molecule has 0 heterocycles. The fraction of sp³-hybridized carbons (Fsp3) is 0.357. The van der Waals surface area contributed by atoms with Gasteiger partial charge in [0.15, 0.2) is 0 Å². The average molecular weight is 231 g/mol. The van der Waals surface area contributed by atoms with Gasteiger partial charge in [-0.3, -0.25) is 0 Å². The van der Waals surface area contributed by atoms with E-state index >= 15 is 0 Å². The van der Waals surface area contributed by atoms with Gasteiger partial charge >= 0.3 is 5.97 Å². The molecular formula is C14H17NO2. The molecule has 0 atom stereocenters. The van der Waals surface area contributed by atoms with Gasteiger partial charge in [-0.05, 0) is 37.8 Å². The summed E-state index contributed by atoms with van der Waals surface area (Å²) in [6, 6.07) is 9.00.